The Hall–Kier alpha value is -1.86. The number of carbonyl (C=O) groups excluding carboxylic acids is 1. The fourth-order valence-corrected chi connectivity index (χ4v) is 3.55. The smallest absolute Gasteiger partial charge is 0.317 e. The number of urea groups is 1. The highest BCUT2D eigenvalue weighted by Gasteiger charge is 2.22. The van der Waals surface area contributed by atoms with Gasteiger partial charge in [0.2, 0.25) is 0 Å². The first-order valence-electron chi connectivity index (χ1n) is 8.44. The van der Waals surface area contributed by atoms with Crippen molar-refractivity contribution in [2.75, 3.05) is 19.7 Å². The topological polar surface area (TPSA) is 59.4 Å². The molecule has 0 spiro atoms. The summed E-state index contributed by atoms with van der Waals surface area (Å²) in [5, 5.41) is 5.08. The number of hydrogen-bond donors (Lipinski definition) is 1. The summed E-state index contributed by atoms with van der Waals surface area (Å²) in [7, 11) is 0. The number of rotatable bonds is 8. The second-order valence-electron chi connectivity index (χ2n) is 5.98. The summed E-state index contributed by atoms with van der Waals surface area (Å²) >= 11 is 1.68. The van der Waals surface area contributed by atoms with E-state index in [4.69, 9.17) is 4.74 Å². The molecule has 2 amide bonds. The van der Waals surface area contributed by atoms with Crippen LogP contribution in [0, 0.1) is 0 Å². The Bertz CT molecular complexity index is 594. The molecule has 0 aliphatic carbocycles. The molecule has 1 N–H and O–H groups in total. The molecule has 1 aliphatic rings. The predicted molar refractivity (Wildman–Crippen MR) is 93.9 cm³/mol. The summed E-state index contributed by atoms with van der Waals surface area (Å²) in [6, 6.07) is 4.08. The van der Waals surface area contributed by atoms with Gasteiger partial charge >= 0.3 is 6.03 Å². The van der Waals surface area contributed by atoms with E-state index >= 15 is 0 Å². The summed E-state index contributed by atoms with van der Waals surface area (Å²) in [5.74, 6) is 0. The van der Waals surface area contributed by atoms with Gasteiger partial charge in [-0.15, -0.1) is 11.3 Å². The maximum absolute atomic E-state index is 12.6. The second-order valence-corrected chi connectivity index (χ2v) is 7.01. The van der Waals surface area contributed by atoms with Crippen molar-refractivity contribution in [1.82, 2.24) is 19.8 Å². The number of thiophene rings is 1. The fraction of sp³-hybridized carbons (Fsp3) is 0.529. The molecule has 1 fully saturated rings. The molecule has 24 heavy (non-hydrogen) atoms. The maximum Gasteiger partial charge on any atom is 0.317 e. The first-order valence-corrected chi connectivity index (χ1v) is 9.32. The summed E-state index contributed by atoms with van der Waals surface area (Å²) < 4.78 is 7.71. The third kappa shape index (κ3) is 5.07. The molecular weight excluding hydrogens is 324 g/mol. The average molecular weight is 348 g/mol. The molecule has 1 aliphatic heterocycles. The summed E-state index contributed by atoms with van der Waals surface area (Å²) in [6.07, 6.45) is 8.67. The van der Waals surface area contributed by atoms with Crippen molar-refractivity contribution in [3.05, 3.63) is 41.1 Å². The SMILES string of the molecule is O=C(NCCCn1ccnc1)N(Cc1cccs1)C[C@@H]1CCCO1. The predicted octanol–water partition coefficient (Wildman–Crippen LogP) is 2.73. The zero-order valence-electron chi connectivity index (χ0n) is 13.8. The van der Waals surface area contributed by atoms with Gasteiger partial charge in [0.15, 0.2) is 0 Å². The molecule has 130 valence electrons. The minimum Gasteiger partial charge on any atom is -0.376 e. The van der Waals surface area contributed by atoms with Crippen LogP contribution in [-0.2, 0) is 17.8 Å². The van der Waals surface area contributed by atoms with Crippen molar-refractivity contribution in [3.63, 3.8) is 0 Å². The molecule has 0 bridgehead atoms. The van der Waals surface area contributed by atoms with Gasteiger partial charge in [0.05, 0.1) is 19.0 Å². The van der Waals surface area contributed by atoms with Crippen molar-refractivity contribution in [2.24, 2.45) is 0 Å². The first-order chi connectivity index (χ1) is 11.8. The van der Waals surface area contributed by atoms with Gasteiger partial charge in [-0.1, -0.05) is 6.07 Å². The minimum absolute atomic E-state index is 0.00969. The molecule has 3 heterocycles. The third-order valence-electron chi connectivity index (χ3n) is 4.09. The van der Waals surface area contributed by atoms with E-state index in [-0.39, 0.29) is 12.1 Å². The molecule has 6 nitrogen and oxygen atoms in total. The van der Waals surface area contributed by atoms with Gasteiger partial charge in [0.1, 0.15) is 0 Å². The number of imidazole rings is 1. The molecule has 0 aromatic carbocycles. The van der Waals surface area contributed by atoms with Gasteiger partial charge in [-0.2, -0.15) is 0 Å². The zero-order chi connectivity index (χ0) is 16.6. The lowest BCUT2D eigenvalue weighted by molar-refractivity contribution is 0.0797. The Labute approximate surface area is 146 Å². The highest BCUT2D eigenvalue weighted by atomic mass is 32.1. The van der Waals surface area contributed by atoms with E-state index in [9.17, 15) is 4.79 Å². The molecule has 3 rings (SSSR count). The average Bonchev–Trinajstić information content (AvgIpc) is 3.33. The monoisotopic (exact) mass is 348 g/mol. The number of carbonyl (C=O) groups is 1. The van der Waals surface area contributed by atoms with E-state index in [0.29, 0.717) is 19.6 Å². The van der Waals surface area contributed by atoms with Gasteiger partial charge < -0.3 is 19.5 Å². The minimum atomic E-state index is -0.00969. The van der Waals surface area contributed by atoms with E-state index < -0.39 is 0 Å². The number of aromatic nitrogens is 2. The number of ether oxygens (including phenoxy) is 1. The van der Waals surface area contributed by atoms with E-state index in [2.05, 4.69) is 16.4 Å². The van der Waals surface area contributed by atoms with E-state index in [0.717, 1.165) is 32.4 Å². The number of nitrogens with one attached hydrogen (secondary N) is 1. The Morgan fingerprint density at radius 3 is 3.21 bits per heavy atom. The zero-order valence-corrected chi connectivity index (χ0v) is 14.6. The van der Waals surface area contributed by atoms with Crippen LogP contribution in [0.25, 0.3) is 0 Å². The molecule has 0 unspecified atom stereocenters. The van der Waals surface area contributed by atoms with Crippen LogP contribution >= 0.6 is 11.3 Å². The third-order valence-corrected chi connectivity index (χ3v) is 4.95. The second kappa shape index (κ2) is 8.84. The van der Waals surface area contributed by atoms with Gasteiger partial charge in [-0.05, 0) is 30.7 Å². The van der Waals surface area contributed by atoms with Crippen molar-refractivity contribution >= 4 is 17.4 Å². The Morgan fingerprint density at radius 1 is 1.54 bits per heavy atom. The number of aryl methyl sites for hydroxylation is 1. The summed E-state index contributed by atoms with van der Waals surface area (Å²) in [4.78, 5) is 19.7. The lowest BCUT2D eigenvalue weighted by Crippen LogP contribution is -2.43. The highest BCUT2D eigenvalue weighted by Crippen LogP contribution is 2.17. The van der Waals surface area contributed by atoms with Crippen LogP contribution in [0.15, 0.2) is 36.2 Å². The molecule has 0 saturated carbocycles. The van der Waals surface area contributed by atoms with Gasteiger partial charge in [-0.25, -0.2) is 9.78 Å². The molecule has 7 heteroatoms. The van der Waals surface area contributed by atoms with Gasteiger partial charge in [0.25, 0.3) is 0 Å². The lowest BCUT2D eigenvalue weighted by Gasteiger charge is -2.25. The normalized spacial score (nSPS) is 17.1. The molecule has 1 saturated heterocycles. The molecule has 2 aromatic rings. The fourth-order valence-electron chi connectivity index (χ4n) is 2.83. The molecular formula is C17H24N4O2S. The molecule has 2 aromatic heterocycles. The van der Waals surface area contributed by atoms with Crippen molar-refractivity contribution in [1.29, 1.82) is 0 Å². The maximum atomic E-state index is 12.6. The van der Waals surface area contributed by atoms with Gasteiger partial charge in [0, 0.05) is 43.5 Å². The van der Waals surface area contributed by atoms with Crippen LogP contribution in [0.2, 0.25) is 0 Å². The summed E-state index contributed by atoms with van der Waals surface area (Å²) in [5.41, 5.74) is 0. The van der Waals surface area contributed by atoms with Crippen LogP contribution in [0.4, 0.5) is 4.79 Å². The van der Waals surface area contributed by atoms with Crippen LogP contribution < -0.4 is 5.32 Å². The summed E-state index contributed by atoms with van der Waals surface area (Å²) in [6.45, 7) is 3.63. The van der Waals surface area contributed by atoms with Gasteiger partial charge in [-0.3, -0.25) is 0 Å². The van der Waals surface area contributed by atoms with Crippen molar-refractivity contribution in [2.45, 2.75) is 38.5 Å². The van der Waals surface area contributed by atoms with Crippen molar-refractivity contribution < 1.29 is 9.53 Å². The lowest BCUT2D eigenvalue weighted by atomic mass is 10.2. The van der Waals surface area contributed by atoms with Crippen LogP contribution in [0.5, 0.6) is 0 Å². The van der Waals surface area contributed by atoms with E-state index in [1.165, 1.54) is 4.88 Å². The Kier molecular flexibility index (Phi) is 6.26. The number of amides is 2. The van der Waals surface area contributed by atoms with Crippen LogP contribution in [-0.4, -0.2) is 46.3 Å². The Morgan fingerprint density at radius 2 is 2.50 bits per heavy atom. The Balaban J connectivity index is 1.47. The van der Waals surface area contributed by atoms with Crippen molar-refractivity contribution in [3.8, 4) is 0 Å². The largest absolute Gasteiger partial charge is 0.376 e. The van der Waals surface area contributed by atoms with E-state index in [1.807, 2.05) is 27.1 Å². The number of hydrogen-bond acceptors (Lipinski definition) is 4. The standard InChI is InChI=1S/C17H24N4O2S/c22-17(19-6-3-8-20-9-7-18-14-20)21(12-15-4-1-10-23-15)13-16-5-2-11-24-16/h2,5,7,9,11,14-15H,1,3-4,6,8,10,12-13H2,(H,19,22)/t15-/m0/s1. The quantitative estimate of drug-likeness (QED) is 0.746. The van der Waals surface area contributed by atoms with E-state index in [1.54, 1.807) is 23.9 Å². The van der Waals surface area contributed by atoms with Crippen LogP contribution in [0.3, 0.4) is 0 Å². The van der Waals surface area contributed by atoms with Crippen LogP contribution in [0.1, 0.15) is 24.1 Å². The highest BCUT2D eigenvalue weighted by molar-refractivity contribution is 7.09. The molecule has 1 atom stereocenters. The first kappa shape index (κ1) is 17.0. The molecule has 0 radical (unpaired) electrons. The number of nitrogens with zero attached hydrogens (tertiary/aromatic N) is 3.